The van der Waals surface area contributed by atoms with Crippen LogP contribution in [-0.2, 0) is 6.18 Å². The van der Waals surface area contributed by atoms with E-state index >= 15 is 0 Å². The first-order chi connectivity index (χ1) is 15.6. The van der Waals surface area contributed by atoms with Gasteiger partial charge in [0.1, 0.15) is 5.82 Å². The normalized spacial score (nSPS) is 11.5. The summed E-state index contributed by atoms with van der Waals surface area (Å²) in [5, 5.41) is 6.58. The van der Waals surface area contributed by atoms with E-state index in [0.717, 1.165) is 10.7 Å². The monoisotopic (exact) mass is 473 g/mol. The zero-order chi connectivity index (χ0) is 23.8. The molecule has 1 aromatic heterocycles. The van der Waals surface area contributed by atoms with Gasteiger partial charge in [-0.1, -0.05) is 41.9 Å². The second-order valence-electron chi connectivity index (χ2n) is 7.22. The molecule has 1 amide bonds. The van der Waals surface area contributed by atoms with Crippen molar-refractivity contribution >= 4 is 23.2 Å². The number of halogens is 5. The summed E-state index contributed by atoms with van der Waals surface area (Å²) in [5.41, 5.74) is 0.650. The van der Waals surface area contributed by atoms with Crippen LogP contribution in [0.25, 0.3) is 16.9 Å². The summed E-state index contributed by atoms with van der Waals surface area (Å²) in [5.74, 6) is -0.928. The number of carbonyl (C=O) groups is 1. The average Bonchev–Trinajstić information content (AvgIpc) is 3.23. The molecule has 0 saturated carbocycles. The van der Waals surface area contributed by atoms with Gasteiger partial charge in [0.25, 0.3) is 5.91 Å². The maximum Gasteiger partial charge on any atom is 0.435 e. The molecule has 4 nitrogen and oxygen atoms in total. The molecule has 33 heavy (non-hydrogen) atoms. The second kappa shape index (κ2) is 8.71. The number of carbonyl (C=O) groups excluding carboxylic acids is 1. The zero-order valence-electron chi connectivity index (χ0n) is 17.1. The molecule has 0 bridgehead atoms. The van der Waals surface area contributed by atoms with Gasteiger partial charge in [0.2, 0.25) is 0 Å². The topological polar surface area (TPSA) is 46.9 Å². The number of benzene rings is 3. The minimum Gasteiger partial charge on any atom is -0.322 e. The van der Waals surface area contributed by atoms with Crippen LogP contribution in [0.15, 0.2) is 72.8 Å². The third-order valence-corrected chi connectivity index (χ3v) is 5.36. The summed E-state index contributed by atoms with van der Waals surface area (Å²) in [6.45, 7) is 1.54. The summed E-state index contributed by atoms with van der Waals surface area (Å²) in [7, 11) is 0. The Bertz CT molecular complexity index is 1330. The maximum absolute atomic E-state index is 13.7. The zero-order valence-corrected chi connectivity index (χ0v) is 17.9. The van der Waals surface area contributed by atoms with Crippen molar-refractivity contribution in [2.24, 2.45) is 0 Å². The van der Waals surface area contributed by atoms with Gasteiger partial charge in [-0.15, -0.1) is 0 Å². The summed E-state index contributed by atoms with van der Waals surface area (Å²) in [6, 6.07) is 17.6. The van der Waals surface area contributed by atoms with Crippen LogP contribution in [0.5, 0.6) is 0 Å². The first-order valence-corrected chi connectivity index (χ1v) is 10.1. The lowest BCUT2D eigenvalue weighted by Crippen LogP contribution is -2.13. The van der Waals surface area contributed by atoms with Crippen molar-refractivity contribution in [3.05, 3.63) is 100 Å². The molecule has 0 aliphatic rings. The molecule has 1 heterocycles. The summed E-state index contributed by atoms with van der Waals surface area (Å²) >= 11 is 6.19. The number of amides is 1. The van der Waals surface area contributed by atoms with E-state index in [4.69, 9.17) is 11.6 Å². The molecule has 9 heteroatoms. The van der Waals surface area contributed by atoms with Crippen molar-refractivity contribution in [2.45, 2.75) is 13.1 Å². The van der Waals surface area contributed by atoms with Gasteiger partial charge in [-0.05, 0) is 49.4 Å². The number of hydrogen-bond donors (Lipinski definition) is 1. The molecule has 0 aliphatic heterocycles. The Morgan fingerprint density at radius 2 is 1.70 bits per heavy atom. The van der Waals surface area contributed by atoms with Gasteiger partial charge in [-0.3, -0.25) is 4.79 Å². The smallest absolute Gasteiger partial charge is 0.322 e. The third kappa shape index (κ3) is 4.61. The van der Waals surface area contributed by atoms with E-state index < -0.39 is 23.6 Å². The summed E-state index contributed by atoms with van der Waals surface area (Å²) in [4.78, 5) is 12.6. The van der Waals surface area contributed by atoms with Crippen LogP contribution < -0.4 is 5.32 Å². The molecule has 0 unspecified atom stereocenters. The minimum absolute atomic E-state index is 0.156. The number of aromatic nitrogens is 2. The lowest BCUT2D eigenvalue weighted by Gasteiger charge is -2.11. The highest BCUT2D eigenvalue weighted by Gasteiger charge is 2.35. The van der Waals surface area contributed by atoms with Crippen LogP contribution in [0.4, 0.5) is 23.2 Å². The van der Waals surface area contributed by atoms with Crippen LogP contribution >= 0.6 is 11.6 Å². The van der Waals surface area contributed by atoms with Gasteiger partial charge >= 0.3 is 6.18 Å². The van der Waals surface area contributed by atoms with E-state index in [2.05, 4.69) is 10.4 Å². The number of anilines is 1. The van der Waals surface area contributed by atoms with Crippen molar-refractivity contribution in [3.63, 3.8) is 0 Å². The van der Waals surface area contributed by atoms with Crippen LogP contribution in [0.2, 0.25) is 5.02 Å². The Morgan fingerprint density at radius 3 is 2.36 bits per heavy atom. The minimum atomic E-state index is -4.65. The van der Waals surface area contributed by atoms with Gasteiger partial charge in [0.05, 0.1) is 16.4 Å². The van der Waals surface area contributed by atoms with Crippen LogP contribution in [0, 0.1) is 12.7 Å². The highest BCUT2D eigenvalue weighted by Crippen LogP contribution is 2.34. The van der Waals surface area contributed by atoms with Gasteiger partial charge in [0, 0.05) is 22.4 Å². The molecule has 4 rings (SSSR count). The highest BCUT2D eigenvalue weighted by molar-refractivity contribution is 6.32. The van der Waals surface area contributed by atoms with Crippen LogP contribution in [-0.4, -0.2) is 15.7 Å². The van der Waals surface area contributed by atoms with Crippen LogP contribution in [0.1, 0.15) is 21.6 Å². The standard InChI is InChI=1S/C24H16ClF4N3O/c1-14-18(26)6-4-7-19(14)30-23(33)16-11-9-15(10-12-16)21-13-22(24(27,28)29)31-32(21)20-8-3-2-5-17(20)25/h2-13H,1H3,(H,30,33). The van der Waals surface area contributed by atoms with Crippen molar-refractivity contribution in [2.75, 3.05) is 5.32 Å². The molecule has 4 aromatic rings. The molecule has 0 atom stereocenters. The molecule has 3 aromatic carbocycles. The van der Waals surface area contributed by atoms with Crippen molar-refractivity contribution in [1.82, 2.24) is 9.78 Å². The number of nitrogens with one attached hydrogen (secondary N) is 1. The lowest BCUT2D eigenvalue weighted by molar-refractivity contribution is -0.141. The van der Waals surface area contributed by atoms with Gasteiger partial charge in [-0.2, -0.15) is 18.3 Å². The molecule has 0 saturated heterocycles. The van der Waals surface area contributed by atoms with E-state index in [1.807, 2.05) is 0 Å². The molecule has 0 spiro atoms. The van der Waals surface area contributed by atoms with Crippen molar-refractivity contribution < 1.29 is 22.4 Å². The number of hydrogen-bond acceptors (Lipinski definition) is 2. The molecule has 168 valence electrons. The number of nitrogens with zero attached hydrogens (tertiary/aromatic N) is 2. The van der Waals surface area contributed by atoms with E-state index in [9.17, 15) is 22.4 Å². The second-order valence-corrected chi connectivity index (χ2v) is 7.63. The molecule has 0 aliphatic carbocycles. The van der Waals surface area contributed by atoms with Crippen molar-refractivity contribution in [3.8, 4) is 16.9 Å². The van der Waals surface area contributed by atoms with Crippen molar-refractivity contribution in [1.29, 1.82) is 0 Å². The Hall–Kier alpha value is -3.65. The first-order valence-electron chi connectivity index (χ1n) is 9.74. The predicted molar refractivity (Wildman–Crippen MR) is 118 cm³/mol. The van der Waals surface area contributed by atoms with Crippen LogP contribution in [0.3, 0.4) is 0 Å². The Morgan fingerprint density at radius 1 is 1.00 bits per heavy atom. The lowest BCUT2D eigenvalue weighted by atomic mass is 10.1. The highest BCUT2D eigenvalue weighted by atomic mass is 35.5. The fourth-order valence-corrected chi connectivity index (χ4v) is 3.48. The number of rotatable bonds is 4. The fraction of sp³-hybridized carbons (Fsp3) is 0.0833. The SMILES string of the molecule is Cc1c(F)cccc1NC(=O)c1ccc(-c2cc(C(F)(F)F)nn2-c2ccccc2Cl)cc1. The molecule has 1 N–H and O–H groups in total. The van der Waals surface area contributed by atoms with E-state index in [1.54, 1.807) is 37.3 Å². The van der Waals surface area contributed by atoms with E-state index in [1.165, 1.54) is 36.4 Å². The Labute approximate surface area is 191 Å². The number of para-hydroxylation sites is 1. The van der Waals surface area contributed by atoms with Gasteiger partial charge in [0.15, 0.2) is 5.69 Å². The third-order valence-electron chi connectivity index (χ3n) is 5.04. The van der Waals surface area contributed by atoms with Gasteiger partial charge in [-0.25, -0.2) is 9.07 Å². The molecule has 0 radical (unpaired) electrons. The molecular weight excluding hydrogens is 458 g/mol. The van der Waals surface area contributed by atoms with Gasteiger partial charge < -0.3 is 5.32 Å². The number of alkyl halides is 3. The van der Waals surface area contributed by atoms with E-state index in [-0.39, 0.29) is 22.0 Å². The molecular formula is C24H16ClF4N3O. The first kappa shape index (κ1) is 22.5. The average molecular weight is 474 g/mol. The Balaban J connectivity index is 1.69. The summed E-state index contributed by atoms with van der Waals surface area (Å²) < 4.78 is 54.9. The predicted octanol–water partition coefficient (Wildman–Crippen LogP) is 6.91. The van der Waals surface area contributed by atoms with E-state index in [0.29, 0.717) is 16.8 Å². The molecule has 0 fully saturated rings. The quantitative estimate of drug-likeness (QED) is 0.327. The summed E-state index contributed by atoms with van der Waals surface area (Å²) in [6.07, 6.45) is -4.65. The largest absolute Gasteiger partial charge is 0.435 e. The Kier molecular flexibility index (Phi) is 5.95. The maximum atomic E-state index is 13.7. The fourth-order valence-electron chi connectivity index (χ4n) is 3.26.